The van der Waals surface area contributed by atoms with Crippen LogP contribution in [0.25, 0.3) is 0 Å². The smallest absolute Gasteiger partial charge is 0.330 e. The zero-order valence-electron chi connectivity index (χ0n) is 10.8. The number of carboxylic acid groups (broad SMARTS) is 1. The third-order valence-electron chi connectivity index (χ3n) is 3.64. The van der Waals surface area contributed by atoms with Gasteiger partial charge in [-0.3, -0.25) is 4.79 Å². The number of nitrogens with one attached hydrogen (secondary N) is 1. The van der Waals surface area contributed by atoms with Crippen molar-refractivity contribution in [2.45, 2.75) is 25.0 Å². The summed E-state index contributed by atoms with van der Waals surface area (Å²) in [5.74, 6) is -0.0290. The van der Waals surface area contributed by atoms with E-state index in [1.807, 2.05) is 6.07 Å². The number of thioether (sulfide) groups is 1. The molecule has 1 saturated heterocycles. The number of aliphatic carboxylic acids is 1. The van der Waals surface area contributed by atoms with Gasteiger partial charge in [0, 0.05) is 17.1 Å². The minimum Gasteiger partial charge on any atom is -0.479 e. The Kier molecular flexibility index (Phi) is 3.74. The topological polar surface area (TPSA) is 75.6 Å². The average Bonchev–Trinajstić information content (AvgIpc) is 3.05. The van der Waals surface area contributed by atoms with E-state index in [1.165, 1.54) is 16.2 Å². The number of carbonyl (C=O) groups excluding carboxylic acids is 1. The highest BCUT2D eigenvalue weighted by atomic mass is 32.2. The number of fused-ring (bicyclic) bond motifs is 1. The second kappa shape index (κ2) is 5.38. The van der Waals surface area contributed by atoms with Gasteiger partial charge in [-0.1, -0.05) is 0 Å². The fraction of sp³-hybridized carbons (Fsp3) is 0.538. The monoisotopic (exact) mass is 313 g/mol. The Morgan fingerprint density at radius 3 is 2.95 bits per heavy atom. The van der Waals surface area contributed by atoms with Gasteiger partial charge < -0.3 is 15.2 Å². The molecular weight excluding hydrogens is 298 g/mol. The lowest BCUT2D eigenvalue weighted by molar-refractivity contribution is -0.143. The van der Waals surface area contributed by atoms with Crippen LogP contribution in [0, 0.1) is 0 Å². The van der Waals surface area contributed by atoms with E-state index in [-0.39, 0.29) is 5.91 Å². The number of hydrogen-bond acceptors (Lipinski definition) is 5. The van der Waals surface area contributed by atoms with Gasteiger partial charge in [-0.05, 0) is 23.8 Å². The van der Waals surface area contributed by atoms with E-state index in [1.54, 1.807) is 11.8 Å². The van der Waals surface area contributed by atoms with Crippen LogP contribution < -0.4 is 5.32 Å². The zero-order chi connectivity index (χ0) is 14.2. The van der Waals surface area contributed by atoms with Crippen LogP contribution in [0.1, 0.15) is 26.5 Å². The van der Waals surface area contributed by atoms with Crippen LogP contribution in [0.5, 0.6) is 0 Å². The van der Waals surface area contributed by atoms with Crippen LogP contribution in [0.4, 0.5) is 0 Å². The first kappa shape index (κ1) is 13.9. The summed E-state index contributed by atoms with van der Waals surface area (Å²) < 4.78 is 5.36. The molecular formula is C13H15NO4S2. The predicted octanol–water partition coefficient (Wildman–Crippen LogP) is 1.51. The number of rotatable bonds is 3. The summed E-state index contributed by atoms with van der Waals surface area (Å²) in [7, 11) is 0. The molecule has 2 N–H and O–H groups in total. The molecule has 2 aliphatic rings. The molecule has 1 atom stereocenters. The summed E-state index contributed by atoms with van der Waals surface area (Å²) in [6, 6.07) is 1.83. The maximum Gasteiger partial charge on any atom is 0.330 e. The number of amides is 1. The summed E-state index contributed by atoms with van der Waals surface area (Å²) in [5, 5.41) is 12.1. The van der Waals surface area contributed by atoms with Crippen molar-refractivity contribution in [1.29, 1.82) is 0 Å². The fourth-order valence-electron chi connectivity index (χ4n) is 2.42. The Balaban J connectivity index is 1.78. The Bertz CT molecular complexity index is 525. The maximum absolute atomic E-state index is 12.3. The molecule has 0 aromatic carbocycles. The third-order valence-corrected chi connectivity index (χ3v) is 6.06. The van der Waals surface area contributed by atoms with E-state index in [9.17, 15) is 14.7 Å². The molecule has 3 heterocycles. The molecule has 20 heavy (non-hydrogen) atoms. The van der Waals surface area contributed by atoms with Crippen molar-refractivity contribution in [3.63, 3.8) is 0 Å². The molecule has 5 nitrogen and oxygen atoms in total. The molecule has 0 radical (unpaired) electrons. The third kappa shape index (κ3) is 2.45. The van der Waals surface area contributed by atoms with Crippen molar-refractivity contribution in [3.05, 3.63) is 21.4 Å². The molecule has 0 aliphatic carbocycles. The first-order chi connectivity index (χ1) is 9.61. The summed E-state index contributed by atoms with van der Waals surface area (Å²) in [4.78, 5) is 25.5. The van der Waals surface area contributed by atoms with Crippen molar-refractivity contribution in [2.24, 2.45) is 0 Å². The maximum atomic E-state index is 12.3. The summed E-state index contributed by atoms with van der Waals surface area (Å²) >= 11 is 3.01. The van der Waals surface area contributed by atoms with Crippen LogP contribution in [-0.4, -0.2) is 40.6 Å². The molecule has 1 fully saturated rings. The number of thiophene rings is 1. The van der Waals surface area contributed by atoms with Gasteiger partial charge in [0.05, 0.1) is 18.1 Å². The minimum atomic E-state index is -1.11. The van der Waals surface area contributed by atoms with Gasteiger partial charge in [0.25, 0.3) is 5.91 Å². The van der Waals surface area contributed by atoms with E-state index in [4.69, 9.17) is 4.74 Å². The molecule has 7 heteroatoms. The van der Waals surface area contributed by atoms with Gasteiger partial charge in [-0.15, -0.1) is 11.3 Å². The van der Waals surface area contributed by atoms with Gasteiger partial charge in [0.2, 0.25) is 0 Å². The summed E-state index contributed by atoms with van der Waals surface area (Å²) in [6.45, 7) is 1.23. The molecule has 0 spiro atoms. The molecule has 2 aliphatic heterocycles. The lowest BCUT2D eigenvalue weighted by Crippen LogP contribution is -2.54. The molecule has 1 aromatic heterocycles. The first-order valence-electron chi connectivity index (χ1n) is 6.44. The number of ether oxygens (including phenoxy) is 1. The Morgan fingerprint density at radius 1 is 1.45 bits per heavy atom. The Labute approximate surface area is 124 Å². The predicted molar refractivity (Wildman–Crippen MR) is 77.5 cm³/mol. The van der Waals surface area contributed by atoms with Crippen LogP contribution in [0.15, 0.2) is 6.07 Å². The standard InChI is InChI=1S/C13H15NO4S2/c15-11(14-13(12(16)17)2-4-19-7-13)10-5-8-6-18-3-1-9(8)20-10/h5H,1-4,6-7H2,(H,14,15)(H,16,17). The second-order valence-electron chi connectivity index (χ2n) is 5.01. The first-order valence-corrected chi connectivity index (χ1v) is 8.41. The molecule has 1 unspecified atom stereocenters. The average molecular weight is 313 g/mol. The lowest BCUT2D eigenvalue weighted by Gasteiger charge is -2.24. The van der Waals surface area contributed by atoms with E-state index >= 15 is 0 Å². The van der Waals surface area contributed by atoms with Crippen molar-refractivity contribution < 1.29 is 19.4 Å². The van der Waals surface area contributed by atoms with E-state index in [0.29, 0.717) is 30.3 Å². The Morgan fingerprint density at radius 2 is 2.30 bits per heavy atom. The van der Waals surface area contributed by atoms with E-state index < -0.39 is 11.5 Å². The normalized spacial score (nSPS) is 25.2. The summed E-state index contributed by atoms with van der Waals surface area (Å²) in [6.07, 6.45) is 1.31. The van der Waals surface area contributed by atoms with Crippen molar-refractivity contribution in [1.82, 2.24) is 5.32 Å². The minimum absolute atomic E-state index is 0.283. The second-order valence-corrected chi connectivity index (χ2v) is 7.25. The highest BCUT2D eigenvalue weighted by Gasteiger charge is 2.43. The number of carbonyl (C=O) groups is 2. The van der Waals surface area contributed by atoms with Crippen LogP contribution in [0.2, 0.25) is 0 Å². The highest BCUT2D eigenvalue weighted by Crippen LogP contribution is 2.31. The highest BCUT2D eigenvalue weighted by molar-refractivity contribution is 7.99. The molecule has 108 valence electrons. The van der Waals surface area contributed by atoms with Crippen molar-refractivity contribution in [3.8, 4) is 0 Å². The fourth-order valence-corrected chi connectivity index (χ4v) is 4.79. The molecule has 1 amide bonds. The van der Waals surface area contributed by atoms with E-state index in [2.05, 4.69) is 5.32 Å². The molecule has 0 bridgehead atoms. The molecule has 0 saturated carbocycles. The van der Waals surface area contributed by atoms with Crippen molar-refractivity contribution >= 4 is 35.0 Å². The van der Waals surface area contributed by atoms with Crippen molar-refractivity contribution in [2.75, 3.05) is 18.1 Å². The lowest BCUT2D eigenvalue weighted by atomic mass is 9.99. The van der Waals surface area contributed by atoms with E-state index in [0.717, 1.165) is 17.7 Å². The summed E-state index contributed by atoms with van der Waals surface area (Å²) in [5.41, 5.74) is -0.0560. The van der Waals surface area contributed by atoms with Gasteiger partial charge >= 0.3 is 5.97 Å². The largest absolute Gasteiger partial charge is 0.479 e. The molecule has 1 aromatic rings. The zero-order valence-corrected chi connectivity index (χ0v) is 12.4. The van der Waals surface area contributed by atoms with Crippen LogP contribution >= 0.6 is 23.1 Å². The van der Waals surface area contributed by atoms with Crippen LogP contribution in [0.3, 0.4) is 0 Å². The van der Waals surface area contributed by atoms with Gasteiger partial charge in [0.1, 0.15) is 5.54 Å². The van der Waals surface area contributed by atoms with Crippen LogP contribution in [-0.2, 0) is 22.6 Å². The van der Waals surface area contributed by atoms with Gasteiger partial charge in [0.15, 0.2) is 0 Å². The number of carboxylic acids is 1. The van der Waals surface area contributed by atoms with Gasteiger partial charge in [-0.25, -0.2) is 4.79 Å². The Hall–Kier alpha value is -1.05. The van der Waals surface area contributed by atoms with Gasteiger partial charge in [-0.2, -0.15) is 11.8 Å². The number of hydrogen-bond donors (Lipinski definition) is 2. The SMILES string of the molecule is O=C(NC1(C(=O)O)CCSC1)c1cc2c(s1)CCOC2. The quantitative estimate of drug-likeness (QED) is 0.885. The molecule has 3 rings (SSSR count).